The molecule has 1 aromatic carbocycles. The Labute approximate surface area is 99.0 Å². The summed E-state index contributed by atoms with van der Waals surface area (Å²) in [7, 11) is 0. The number of nitrogens with one attached hydrogen (secondary N) is 1. The van der Waals surface area contributed by atoms with Gasteiger partial charge >= 0.3 is 0 Å². The molecule has 0 saturated heterocycles. The largest absolute Gasteiger partial charge is 0.320 e. The van der Waals surface area contributed by atoms with Gasteiger partial charge in [0, 0.05) is 12.1 Å². The fourth-order valence-corrected chi connectivity index (χ4v) is 1.16. The highest BCUT2D eigenvalue weighted by molar-refractivity contribution is 9.10. The molecule has 1 unspecified atom stereocenters. The number of hydrogen-bond donors (Lipinski definition) is 1. The third-order valence-corrected chi connectivity index (χ3v) is 2.96. The van der Waals surface area contributed by atoms with Gasteiger partial charge in [0.05, 0.1) is 4.83 Å². The summed E-state index contributed by atoms with van der Waals surface area (Å²) in [5.74, 6) is -3.88. The van der Waals surface area contributed by atoms with Gasteiger partial charge in [0.25, 0.3) is 0 Å². The van der Waals surface area contributed by atoms with Crippen LogP contribution in [0.1, 0.15) is 13.3 Å². The number of rotatable bonds is 3. The van der Waals surface area contributed by atoms with Crippen LogP contribution >= 0.6 is 15.9 Å². The second-order valence-corrected chi connectivity index (χ2v) is 4.21. The normalized spacial score (nSPS) is 12.3. The van der Waals surface area contributed by atoms with Crippen LogP contribution in [0.3, 0.4) is 0 Å². The average Bonchev–Trinajstić information content (AvgIpc) is 2.21. The van der Waals surface area contributed by atoms with Gasteiger partial charge in [0.1, 0.15) is 11.5 Å². The Bertz CT molecular complexity index is 388. The van der Waals surface area contributed by atoms with Crippen molar-refractivity contribution in [2.75, 3.05) is 5.32 Å². The van der Waals surface area contributed by atoms with Crippen LogP contribution in [0.15, 0.2) is 12.1 Å². The first-order valence-corrected chi connectivity index (χ1v) is 5.46. The number of anilines is 1. The van der Waals surface area contributed by atoms with Crippen LogP contribution in [0.2, 0.25) is 0 Å². The Morgan fingerprint density at radius 3 is 2.31 bits per heavy atom. The van der Waals surface area contributed by atoms with E-state index in [-0.39, 0.29) is 0 Å². The summed E-state index contributed by atoms with van der Waals surface area (Å²) in [6.45, 7) is 1.73. The number of hydrogen-bond acceptors (Lipinski definition) is 1. The molecule has 0 saturated carbocycles. The molecule has 0 fully saturated rings. The maximum atomic E-state index is 13.1. The van der Waals surface area contributed by atoms with Crippen molar-refractivity contribution in [1.82, 2.24) is 0 Å². The summed E-state index contributed by atoms with van der Waals surface area (Å²) in [4.78, 5) is 10.8. The summed E-state index contributed by atoms with van der Waals surface area (Å²) in [5, 5.41) is 2.05. The molecule has 1 amide bonds. The molecule has 0 radical (unpaired) electrons. The van der Waals surface area contributed by atoms with Crippen LogP contribution in [-0.4, -0.2) is 10.7 Å². The molecule has 0 spiro atoms. The summed E-state index contributed by atoms with van der Waals surface area (Å²) >= 11 is 3.03. The van der Waals surface area contributed by atoms with Crippen molar-refractivity contribution in [2.45, 2.75) is 18.2 Å². The molecule has 0 aromatic heterocycles. The Morgan fingerprint density at radius 2 is 1.88 bits per heavy atom. The molecule has 2 nitrogen and oxygen atoms in total. The van der Waals surface area contributed by atoms with Crippen LogP contribution < -0.4 is 5.32 Å². The van der Waals surface area contributed by atoms with E-state index >= 15 is 0 Å². The average molecular weight is 296 g/mol. The van der Waals surface area contributed by atoms with E-state index in [1.165, 1.54) is 0 Å². The van der Waals surface area contributed by atoms with Gasteiger partial charge in [-0.1, -0.05) is 22.9 Å². The zero-order valence-electron chi connectivity index (χ0n) is 8.36. The molecule has 16 heavy (non-hydrogen) atoms. The zero-order valence-corrected chi connectivity index (χ0v) is 9.95. The first kappa shape index (κ1) is 13.0. The topological polar surface area (TPSA) is 29.1 Å². The highest BCUT2D eigenvalue weighted by Gasteiger charge is 2.18. The number of halogens is 4. The minimum atomic E-state index is -1.14. The predicted molar refractivity (Wildman–Crippen MR) is 58.0 cm³/mol. The van der Waals surface area contributed by atoms with Crippen LogP contribution in [0.25, 0.3) is 0 Å². The summed E-state index contributed by atoms with van der Waals surface area (Å²) in [5.41, 5.74) is -0.635. The van der Waals surface area contributed by atoms with Crippen molar-refractivity contribution in [2.24, 2.45) is 0 Å². The predicted octanol–water partition coefficient (Wildman–Crippen LogP) is 3.22. The molecule has 1 atom stereocenters. The number of carbonyl (C=O) groups excluding carboxylic acids is 1. The van der Waals surface area contributed by atoms with E-state index in [9.17, 15) is 18.0 Å². The van der Waals surface area contributed by atoms with Crippen molar-refractivity contribution in [3.05, 3.63) is 29.6 Å². The van der Waals surface area contributed by atoms with E-state index in [0.29, 0.717) is 18.6 Å². The quantitative estimate of drug-likeness (QED) is 0.853. The van der Waals surface area contributed by atoms with E-state index in [1.54, 1.807) is 6.92 Å². The minimum absolute atomic E-state index is 0.469. The number of alkyl halides is 1. The van der Waals surface area contributed by atoms with E-state index in [2.05, 4.69) is 21.2 Å². The lowest BCUT2D eigenvalue weighted by molar-refractivity contribution is -0.115. The van der Waals surface area contributed by atoms with E-state index in [1.807, 2.05) is 0 Å². The highest BCUT2D eigenvalue weighted by Crippen LogP contribution is 2.21. The van der Waals surface area contributed by atoms with Gasteiger partial charge in [-0.25, -0.2) is 13.2 Å². The summed E-state index contributed by atoms with van der Waals surface area (Å²) in [6.07, 6.45) is 0.469. The molecule has 0 aliphatic heterocycles. The summed E-state index contributed by atoms with van der Waals surface area (Å²) < 4.78 is 38.8. The van der Waals surface area contributed by atoms with Gasteiger partial charge in [-0.05, 0) is 6.42 Å². The van der Waals surface area contributed by atoms with Crippen molar-refractivity contribution < 1.29 is 18.0 Å². The van der Waals surface area contributed by atoms with Gasteiger partial charge in [-0.2, -0.15) is 0 Å². The molecule has 0 aliphatic rings. The van der Waals surface area contributed by atoms with E-state index < -0.39 is 33.9 Å². The smallest absolute Gasteiger partial charge is 0.238 e. The van der Waals surface area contributed by atoms with Gasteiger partial charge in [-0.15, -0.1) is 0 Å². The third kappa shape index (κ3) is 2.98. The van der Waals surface area contributed by atoms with Crippen molar-refractivity contribution >= 4 is 27.5 Å². The second kappa shape index (κ2) is 5.34. The van der Waals surface area contributed by atoms with Crippen LogP contribution in [0.4, 0.5) is 18.9 Å². The first-order chi connectivity index (χ1) is 7.45. The van der Waals surface area contributed by atoms with Crippen molar-refractivity contribution in [1.29, 1.82) is 0 Å². The fourth-order valence-electron chi connectivity index (χ4n) is 1.05. The Kier molecular flexibility index (Phi) is 4.35. The third-order valence-electron chi connectivity index (χ3n) is 1.90. The van der Waals surface area contributed by atoms with Crippen molar-refractivity contribution in [3.8, 4) is 0 Å². The molecule has 6 heteroatoms. The van der Waals surface area contributed by atoms with Gasteiger partial charge in [0.15, 0.2) is 11.6 Å². The SMILES string of the molecule is CCC(Br)C(=O)Nc1c(F)cc(F)cc1F. The fraction of sp³-hybridized carbons (Fsp3) is 0.300. The van der Waals surface area contributed by atoms with Gasteiger partial charge in [-0.3, -0.25) is 4.79 Å². The monoisotopic (exact) mass is 295 g/mol. The van der Waals surface area contributed by atoms with Crippen LogP contribution in [0, 0.1) is 17.5 Å². The second-order valence-electron chi connectivity index (χ2n) is 3.11. The first-order valence-electron chi connectivity index (χ1n) is 4.55. The number of amides is 1. The molecule has 1 rings (SSSR count). The number of benzene rings is 1. The standard InChI is InChI=1S/C10H9BrF3NO/c1-2-6(11)10(16)15-9-7(13)3-5(12)4-8(9)14/h3-4,6H,2H2,1H3,(H,15,16). The van der Waals surface area contributed by atoms with Crippen LogP contribution in [-0.2, 0) is 4.79 Å². The summed E-state index contributed by atoms with van der Waals surface area (Å²) in [6, 6.07) is 1.02. The lowest BCUT2D eigenvalue weighted by atomic mass is 10.2. The molecular formula is C10H9BrF3NO. The molecule has 0 bridgehead atoms. The van der Waals surface area contributed by atoms with Gasteiger partial charge < -0.3 is 5.32 Å². The van der Waals surface area contributed by atoms with Crippen LogP contribution in [0.5, 0.6) is 0 Å². The lowest BCUT2D eigenvalue weighted by Gasteiger charge is -2.10. The maximum absolute atomic E-state index is 13.1. The molecular weight excluding hydrogens is 287 g/mol. The van der Waals surface area contributed by atoms with Crippen molar-refractivity contribution in [3.63, 3.8) is 0 Å². The number of carbonyl (C=O) groups is 1. The molecule has 1 N–H and O–H groups in total. The minimum Gasteiger partial charge on any atom is -0.320 e. The van der Waals surface area contributed by atoms with E-state index in [0.717, 1.165) is 0 Å². The Hall–Kier alpha value is -1.04. The molecule has 88 valence electrons. The van der Waals surface area contributed by atoms with E-state index in [4.69, 9.17) is 0 Å². The Morgan fingerprint density at radius 1 is 1.38 bits per heavy atom. The Balaban J connectivity index is 2.93. The maximum Gasteiger partial charge on any atom is 0.238 e. The molecule has 0 heterocycles. The lowest BCUT2D eigenvalue weighted by Crippen LogP contribution is -2.23. The molecule has 0 aliphatic carbocycles. The highest BCUT2D eigenvalue weighted by atomic mass is 79.9. The zero-order chi connectivity index (χ0) is 12.3. The molecule has 1 aromatic rings. The van der Waals surface area contributed by atoms with Gasteiger partial charge in [0.2, 0.25) is 5.91 Å².